The minimum atomic E-state index is 0.502. The van der Waals surface area contributed by atoms with Crippen molar-refractivity contribution in [2.24, 2.45) is 5.92 Å². The Hall–Kier alpha value is -0.340. The van der Waals surface area contributed by atoms with E-state index in [1.807, 2.05) is 11.3 Å². The van der Waals surface area contributed by atoms with Crippen LogP contribution < -0.4 is 5.32 Å². The third-order valence-electron chi connectivity index (χ3n) is 2.13. The summed E-state index contributed by atoms with van der Waals surface area (Å²) in [7, 11) is 0. The van der Waals surface area contributed by atoms with Crippen molar-refractivity contribution in [1.29, 1.82) is 0 Å². The van der Waals surface area contributed by atoms with Gasteiger partial charge in [-0.3, -0.25) is 0 Å². The van der Waals surface area contributed by atoms with Gasteiger partial charge in [0.25, 0.3) is 0 Å². The Bertz CT molecular complexity index is 252. The Balaban J connectivity index is 2.49. The molecule has 0 saturated carbocycles. The molecular formula is C11H19NS. The van der Waals surface area contributed by atoms with E-state index in [9.17, 15) is 0 Å². The minimum absolute atomic E-state index is 0.502. The second kappa shape index (κ2) is 4.77. The average molecular weight is 197 g/mol. The van der Waals surface area contributed by atoms with Gasteiger partial charge in [-0.2, -0.15) is 0 Å². The first kappa shape index (κ1) is 10.7. The molecule has 1 nitrogen and oxygen atoms in total. The smallest absolute Gasteiger partial charge is 0.0388 e. The summed E-state index contributed by atoms with van der Waals surface area (Å²) in [6.07, 6.45) is 0. The van der Waals surface area contributed by atoms with Gasteiger partial charge in [0.1, 0.15) is 0 Å². The van der Waals surface area contributed by atoms with Gasteiger partial charge in [-0.15, -0.1) is 11.3 Å². The number of hydrogen-bond donors (Lipinski definition) is 1. The molecule has 0 radical (unpaired) electrons. The molecule has 1 atom stereocenters. The molecule has 0 saturated heterocycles. The maximum Gasteiger partial charge on any atom is 0.0388 e. The molecule has 0 unspecified atom stereocenters. The topological polar surface area (TPSA) is 12.0 Å². The minimum Gasteiger partial charge on any atom is -0.309 e. The van der Waals surface area contributed by atoms with Gasteiger partial charge in [0.15, 0.2) is 0 Å². The van der Waals surface area contributed by atoms with E-state index in [0.717, 1.165) is 12.5 Å². The van der Waals surface area contributed by atoms with Crippen LogP contribution in [0.4, 0.5) is 0 Å². The van der Waals surface area contributed by atoms with E-state index in [4.69, 9.17) is 0 Å². The Morgan fingerprint density at radius 1 is 1.38 bits per heavy atom. The van der Waals surface area contributed by atoms with E-state index in [-0.39, 0.29) is 0 Å². The fourth-order valence-corrected chi connectivity index (χ4v) is 2.29. The van der Waals surface area contributed by atoms with Crippen molar-refractivity contribution in [3.8, 4) is 0 Å². The molecule has 0 amide bonds. The van der Waals surface area contributed by atoms with Crippen molar-refractivity contribution in [3.05, 3.63) is 21.9 Å². The first-order valence-electron chi connectivity index (χ1n) is 4.88. The van der Waals surface area contributed by atoms with Crippen molar-refractivity contribution >= 4 is 11.3 Å². The van der Waals surface area contributed by atoms with Crippen molar-refractivity contribution in [3.63, 3.8) is 0 Å². The van der Waals surface area contributed by atoms with Gasteiger partial charge < -0.3 is 5.32 Å². The molecule has 0 aromatic carbocycles. The Morgan fingerprint density at radius 2 is 2.08 bits per heavy atom. The molecule has 0 aliphatic rings. The van der Waals surface area contributed by atoms with E-state index in [1.165, 1.54) is 10.4 Å². The largest absolute Gasteiger partial charge is 0.309 e. The molecule has 0 aliphatic carbocycles. The monoisotopic (exact) mass is 197 g/mol. The zero-order valence-corrected chi connectivity index (χ0v) is 9.74. The molecule has 1 aromatic rings. The van der Waals surface area contributed by atoms with Crippen molar-refractivity contribution in [2.45, 2.75) is 33.7 Å². The fourth-order valence-electron chi connectivity index (χ4n) is 1.33. The third kappa shape index (κ3) is 3.12. The number of hydrogen-bond acceptors (Lipinski definition) is 2. The molecule has 1 rings (SSSR count). The highest BCUT2D eigenvalue weighted by atomic mass is 32.1. The highest BCUT2D eigenvalue weighted by Gasteiger charge is 2.08. The van der Waals surface area contributed by atoms with Crippen molar-refractivity contribution in [1.82, 2.24) is 5.32 Å². The van der Waals surface area contributed by atoms with Crippen LogP contribution in [0.2, 0.25) is 0 Å². The Labute approximate surface area is 85.2 Å². The highest BCUT2D eigenvalue weighted by molar-refractivity contribution is 7.10. The van der Waals surface area contributed by atoms with Crippen molar-refractivity contribution in [2.75, 3.05) is 6.54 Å². The van der Waals surface area contributed by atoms with E-state index in [2.05, 4.69) is 44.5 Å². The Morgan fingerprint density at radius 3 is 2.54 bits per heavy atom. The predicted molar refractivity (Wildman–Crippen MR) is 60.3 cm³/mol. The molecule has 0 fully saturated rings. The standard InChI is InChI=1S/C11H19NS/c1-8(2)7-12-10(4)11-9(3)5-6-13-11/h5-6,8,10,12H,7H2,1-4H3/t10-/m1/s1. The van der Waals surface area contributed by atoms with Crippen LogP contribution >= 0.6 is 11.3 Å². The van der Waals surface area contributed by atoms with Crippen LogP contribution in [0.3, 0.4) is 0 Å². The summed E-state index contributed by atoms with van der Waals surface area (Å²) in [6, 6.07) is 2.69. The van der Waals surface area contributed by atoms with E-state index < -0.39 is 0 Å². The van der Waals surface area contributed by atoms with Gasteiger partial charge in [0, 0.05) is 10.9 Å². The quantitative estimate of drug-likeness (QED) is 0.780. The lowest BCUT2D eigenvalue weighted by molar-refractivity contribution is 0.499. The number of nitrogens with one attached hydrogen (secondary N) is 1. The molecule has 13 heavy (non-hydrogen) atoms. The zero-order valence-electron chi connectivity index (χ0n) is 8.92. The lowest BCUT2D eigenvalue weighted by Crippen LogP contribution is -2.22. The van der Waals surface area contributed by atoms with Crippen LogP contribution in [0, 0.1) is 12.8 Å². The maximum absolute atomic E-state index is 3.54. The summed E-state index contributed by atoms with van der Waals surface area (Å²) in [4.78, 5) is 1.47. The first-order valence-corrected chi connectivity index (χ1v) is 5.76. The van der Waals surface area contributed by atoms with Crippen LogP contribution in [0.15, 0.2) is 11.4 Å². The average Bonchev–Trinajstić information content (AvgIpc) is 2.47. The summed E-state index contributed by atoms with van der Waals surface area (Å²) < 4.78 is 0. The van der Waals surface area contributed by atoms with Gasteiger partial charge in [-0.05, 0) is 43.3 Å². The van der Waals surface area contributed by atoms with E-state index in [0.29, 0.717) is 6.04 Å². The second-order valence-electron chi connectivity index (χ2n) is 3.99. The third-order valence-corrected chi connectivity index (χ3v) is 3.33. The fraction of sp³-hybridized carbons (Fsp3) is 0.636. The van der Waals surface area contributed by atoms with Gasteiger partial charge in [0.05, 0.1) is 0 Å². The number of thiophene rings is 1. The summed E-state index contributed by atoms with van der Waals surface area (Å²) in [5.41, 5.74) is 1.41. The van der Waals surface area contributed by atoms with Crippen LogP contribution in [0.25, 0.3) is 0 Å². The van der Waals surface area contributed by atoms with Crippen molar-refractivity contribution < 1.29 is 0 Å². The predicted octanol–water partition coefficient (Wildman–Crippen LogP) is 3.36. The van der Waals surface area contributed by atoms with Gasteiger partial charge in [-0.25, -0.2) is 0 Å². The lowest BCUT2D eigenvalue weighted by atomic mass is 10.1. The van der Waals surface area contributed by atoms with Crippen LogP contribution in [0.5, 0.6) is 0 Å². The summed E-state index contributed by atoms with van der Waals surface area (Å²) >= 11 is 1.85. The van der Waals surface area contributed by atoms with Gasteiger partial charge in [0.2, 0.25) is 0 Å². The van der Waals surface area contributed by atoms with Crippen LogP contribution in [-0.2, 0) is 0 Å². The van der Waals surface area contributed by atoms with E-state index >= 15 is 0 Å². The molecule has 2 heteroatoms. The maximum atomic E-state index is 3.54. The Kier molecular flexibility index (Phi) is 3.94. The molecule has 0 bridgehead atoms. The molecular weight excluding hydrogens is 178 g/mol. The number of rotatable bonds is 4. The molecule has 0 aliphatic heterocycles. The van der Waals surface area contributed by atoms with Crippen LogP contribution in [0.1, 0.15) is 37.3 Å². The number of aryl methyl sites for hydroxylation is 1. The molecule has 1 N–H and O–H groups in total. The molecule has 0 spiro atoms. The summed E-state index contributed by atoms with van der Waals surface area (Å²) in [5, 5.41) is 5.70. The summed E-state index contributed by atoms with van der Waals surface area (Å²) in [5.74, 6) is 0.725. The summed E-state index contributed by atoms with van der Waals surface area (Å²) in [6.45, 7) is 9.99. The van der Waals surface area contributed by atoms with Gasteiger partial charge >= 0.3 is 0 Å². The van der Waals surface area contributed by atoms with Crippen LogP contribution in [-0.4, -0.2) is 6.54 Å². The second-order valence-corrected chi connectivity index (χ2v) is 4.94. The molecule has 74 valence electrons. The SMILES string of the molecule is Cc1ccsc1[C@@H](C)NCC(C)C. The highest BCUT2D eigenvalue weighted by Crippen LogP contribution is 2.23. The molecule has 1 aromatic heterocycles. The lowest BCUT2D eigenvalue weighted by Gasteiger charge is -2.14. The van der Waals surface area contributed by atoms with E-state index in [1.54, 1.807) is 0 Å². The molecule has 1 heterocycles. The zero-order chi connectivity index (χ0) is 9.84. The normalized spacial score (nSPS) is 13.6. The van der Waals surface area contributed by atoms with Gasteiger partial charge in [-0.1, -0.05) is 13.8 Å². The first-order chi connectivity index (χ1) is 6.11.